The second kappa shape index (κ2) is 5.98. The number of aromatic nitrogens is 2. The van der Waals surface area contributed by atoms with Crippen LogP contribution in [0.2, 0.25) is 0 Å². The van der Waals surface area contributed by atoms with Gasteiger partial charge in [0.05, 0.1) is 6.61 Å². The normalized spacial score (nSPS) is 20.4. The average Bonchev–Trinajstić information content (AvgIpc) is 2.94. The minimum Gasteiger partial charge on any atom is -0.383 e. The van der Waals surface area contributed by atoms with E-state index in [9.17, 15) is 0 Å². The molecule has 1 atom stereocenters. The monoisotopic (exact) mass is 225 g/mol. The molecule has 1 aliphatic heterocycles. The zero-order valence-corrected chi connectivity index (χ0v) is 9.66. The van der Waals surface area contributed by atoms with E-state index in [1.54, 1.807) is 7.11 Å². The molecule has 0 aliphatic carbocycles. The van der Waals surface area contributed by atoms with E-state index in [1.807, 2.05) is 6.20 Å². The molecule has 16 heavy (non-hydrogen) atoms. The lowest BCUT2D eigenvalue weighted by atomic mass is 10.2. The first-order valence-electron chi connectivity index (χ1n) is 5.75. The smallest absolute Gasteiger partial charge is 0.135 e. The number of imidazole rings is 1. The maximum Gasteiger partial charge on any atom is 0.135 e. The van der Waals surface area contributed by atoms with Crippen molar-refractivity contribution >= 4 is 0 Å². The van der Waals surface area contributed by atoms with E-state index in [1.165, 1.54) is 0 Å². The van der Waals surface area contributed by atoms with Crippen molar-refractivity contribution in [3.05, 3.63) is 17.7 Å². The van der Waals surface area contributed by atoms with Crippen LogP contribution in [0.4, 0.5) is 0 Å². The fourth-order valence-corrected chi connectivity index (χ4v) is 1.82. The third-order valence-electron chi connectivity index (χ3n) is 2.68. The lowest BCUT2D eigenvalue weighted by molar-refractivity contribution is 0.105. The highest BCUT2D eigenvalue weighted by Crippen LogP contribution is 2.25. The highest BCUT2D eigenvalue weighted by molar-refractivity contribution is 5.04. The lowest BCUT2D eigenvalue weighted by Gasteiger charge is -2.05. The standard InChI is InChI=1S/C11H19N3O2/c1-15-6-4-12-7-9-8-13-11(14-9)10-3-2-5-16-10/h8,10,12H,2-7H2,1H3,(H,13,14). The highest BCUT2D eigenvalue weighted by Gasteiger charge is 2.20. The molecule has 2 heterocycles. The van der Waals surface area contributed by atoms with Gasteiger partial charge in [-0.15, -0.1) is 0 Å². The van der Waals surface area contributed by atoms with Crippen molar-refractivity contribution in [1.82, 2.24) is 15.3 Å². The fraction of sp³-hybridized carbons (Fsp3) is 0.727. The number of ether oxygens (including phenoxy) is 2. The van der Waals surface area contributed by atoms with Crippen molar-refractivity contribution in [2.75, 3.05) is 26.9 Å². The van der Waals surface area contributed by atoms with Crippen LogP contribution >= 0.6 is 0 Å². The van der Waals surface area contributed by atoms with E-state index in [0.717, 1.165) is 50.7 Å². The Kier molecular flexibility index (Phi) is 4.33. The molecule has 0 aromatic carbocycles. The van der Waals surface area contributed by atoms with Gasteiger partial charge < -0.3 is 19.8 Å². The van der Waals surface area contributed by atoms with Crippen molar-refractivity contribution in [2.24, 2.45) is 0 Å². The molecule has 5 nitrogen and oxygen atoms in total. The van der Waals surface area contributed by atoms with Crippen LogP contribution < -0.4 is 5.32 Å². The largest absolute Gasteiger partial charge is 0.383 e. The molecule has 0 amide bonds. The minimum absolute atomic E-state index is 0.174. The highest BCUT2D eigenvalue weighted by atomic mass is 16.5. The lowest BCUT2D eigenvalue weighted by Crippen LogP contribution is -2.18. The maximum atomic E-state index is 5.56. The summed E-state index contributed by atoms with van der Waals surface area (Å²) in [4.78, 5) is 7.64. The number of methoxy groups -OCH3 is 1. The van der Waals surface area contributed by atoms with Gasteiger partial charge in [0.25, 0.3) is 0 Å². The van der Waals surface area contributed by atoms with Gasteiger partial charge in [-0.1, -0.05) is 0 Å². The van der Waals surface area contributed by atoms with Crippen molar-refractivity contribution < 1.29 is 9.47 Å². The van der Waals surface area contributed by atoms with Crippen LogP contribution in [-0.4, -0.2) is 36.8 Å². The van der Waals surface area contributed by atoms with Crippen LogP contribution in [0.5, 0.6) is 0 Å². The predicted molar refractivity (Wildman–Crippen MR) is 60.1 cm³/mol. The summed E-state index contributed by atoms with van der Waals surface area (Å²) in [6.07, 6.45) is 4.25. The van der Waals surface area contributed by atoms with Gasteiger partial charge in [-0.25, -0.2) is 4.98 Å². The molecule has 5 heteroatoms. The van der Waals surface area contributed by atoms with Crippen molar-refractivity contribution in [1.29, 1.82) is 0 Å². The van der Waals surface area contributed by atoms with E-state index >= 15 is 0 Å². The van der Waals surface area contributed by atoms with E-state index in [4.69, 9.17) is 9.47 Å². The first kappa shape index (κ1) is 11.6. The van der Waals surface area contributed by atoms with Gasteiger partial charge in [0.15, 0.2) is 0 Å². The van der Waals surface area contributed by atoms with E-state index in [0.29, 0.717) is 0 Å². The van der Waals surface area contributed by atoms with Crippen LogP contribution in [0.1, 0.15) is 30.5 Å². The summed E-state index contributed by atoms with van der Waals surface area (Å²) in [7, 11) is 1.70. The first-order chi connectivity index (χ1) is 7.90. The number of rotatable bonds is 6. The van der Waals surface area contributed by atoms with Crippen molar-refractivity contribution in [2.45, 2.75) is 25.5 Å². The van der Waals surface area contributed by atoms with Gasteiger partial charge in [-0.3, -0.25) is 0 Å². The Morgan fingerprint density at radius 3 is 3.38 bits per heavy atom. The summed E-state index contributed by atoms with van der Waals surface area (Å²) < 4.78 is 10.5. The van der Waals surface area contributed by atoms with Gasteiger partial charge >= 0.3 is 0 Å². The Hall–Kier alpha value is -0.910. The molecule has 0 bridgehead atoms. The number of hydrogen-bond acceptors (Lipinski definition) is 4. The third kappa shape index (κ3) is 3.04. The maximum absolute atomic E-state index is 5.56. The summed E-state index contributed by atoms with van der Waals surface area (Å²) in [6, 6.07) is 0. The molecule has 2 rings (SSSR count). The van der Waals surface area contributed by atoms with E-state index in [2.05, 4.69) is 15.3 Å². The summed E-state index contributed by atoms with van der Waals surface area (Å²) in [6.45, 7) is 3.23. The summed E-state index contributed by atoms with van der Waals surface area (Å²) in [5.74, 6) is 0.959. The topological polar surface area (TPSA) is 59.2 Å². The van der Waals surface area contributed by atoms with Crippen LogP contribution in [0.3, 0.4) is 0 Å². The minimum atomic E-state index is 0.174. The molecule has 2 N–H and O–H groups in total. The van der Waals surface area contributed by atoms with Gasteiger partial charge in [0, 0.05) is 38.7 Å². The zero-order chi connectivity index (χ0) is 11.2. The third-order valence-corrected chi connectivity index (χ3v) is 2.68. The van der Waals surface area contributed by atoms with Crippen LogP contribution in [0.15, 0.2) is 6.20 Å². The summed E-state index contributed by atoms with van der Waals surface area (Å²) >= 11 is 0. The molecule has 1 unspecified atom stereocenters. The summed E-state index contributed by atoms with van der Waals surface area (Å²) in [5, 5.41) is 3.27. The second-order valence-electron chi connectivity index (χ2n) is 3.96. The van der Waals surface area contributed by atoms with Gasteiger partial charge in [-0.2, -0.15) is 0 Å². The second-order valence-corrected chi connectivity index (χ2v) is 3.96. The SMILES string of the molecule is COCCNCc1cnc(C2CCCO2)[nH]1. The fourth-order valence-electron chi connectivity index (χ4n) is 1.82. The molecule has 1 aromatic rings. The zero-order valence-electron chi connectivity index (χ0n) is 9.66. The molecule has 90 valence electrons. The average molecular weight is 225 g/mol. The number of H-pyrrole nitrogens is 1. The molecule has 1 fully saturated rings. The Morgan fingerprint density at radius 1 is 1.69 bits per heavy atom. The van der Waals surface area contributed by atoms with E-state index in [-0.39, 0.29) is 6.10 Å². The van der Waals surface area contributed by atoms with E-state index < -0.39 is 0 Å². The molecule has 1 saturated heterocycles. The summed E-state index contributed by atoms with van der Waals surface area (Å²) in [5.41, 5.74) is 1.10. The Labute approximate surface area is 95.6 Å². The quantitative estimate of drug-likeness (QED) is 0.709. The van der Waals surface area contributed by atoms with Gasteiger partial charge in [-0.05, 0) is 12.8 Å². The molecule has 0 saturated carbocycles. The Balaban J connectivity index is 1.77. The van der Waals surface area contributed by atoms with Crippen LogP contribution in [-0.2, 0) is 16.0 Å². The number of aromatic amines is 1. The predicted octanol–water partition coefficient (Wildman–Crippen LogP) is 0.997. The van der Waals surface area contributed by atoms with Crippen LogP contribution in [0.25, 0.3) is 0 Å². The Morgan fingerprint density at radius 2 is 2.62 bits per heavy atom. The molecular weight excluding hydrogens is 206 g/mol. The van der Waals surface area contributed by atoms with Gasteiger partial charge in [0.1, 0.15) is 11.9 Å². The molecule has 0 radical (unpaired) electrons. The Bertz CT molecular complexity index is 308. The number of nitrogens with one attached hydrogen (secondary N) is 2. The molecule has 0 spiro atoms. The first-order valence-corrected chi connectivity index (χ1v) is 5.75. The molecule has 1 aromatic heterocycles. The van der Waals surface area contributed by atoms with Gasteiger partial charge in [0.2, 0.25) is 0 Å². The van der Waals surface area contributed by atoms with Crippen molar-refractivity contribution in [3.8, 4) is 0 Å². The van der Waals surface area contributed by atoms with Crippen molar-refractivity contribution in [3.63, 3.8) is 0 Å². The molecule has 1 aliphatic rings. The number of hydrogen-bond donors (Lipinski definition) is 2. The molecular formula is C11H19N3O2. The number of nitrogens with zero attached hydrogens (tertiary/aromatic N) is 1. The van der Waals surface area contributed by atoms with Crippen LogP contribution in [0, 0.1) is 0 Å².